The van der Waals surface area contributed by atoms with Gasteiger partial charge in [0.05, 0.1) is 0 Å². The first-order valence-corrected chi connectivity index (χ1v) is 17.8. The highest BCUT2D eigenvalue weighted by Crippen LogP contribution is 2.41. The zero-order valence-electron chi connectivity index (χ0n) is 28.4. The second-order valence-corrected chi connectivity index (χ2v) is 13.3. The Labute approximate surface area is 302 Å². The number of para-hydroxylation sites is 1. The van der Waals surface area contributed by atoms with Gasteiger partial charge >= 0.3 is 0 Å². The van der Waals surface area contributed by atoms with Crippen molar-refractivity contribution >= 4 is 60.5 Å². The van der Waals surface area contributed by atoms with Crippen molar-refractivity contribution in [3.8, 4) is 33.4 Å². The summed E-state index contributed by atoms with van der Waals surface area (Å²) in [5, 5.41) is 7.10. The monoisotopic (exact) mass is 663 g/mol. The summed E-state index contributed by atoms with van der Waals surface area (Å²) in [6, 6.07) is 71.6. The lowest BCUT2D eigenvalue weighted by Gasteiger charge is -2.26. The van der Waals surface area contributed by atoms with E-state index in [0.717, 1.165) is 55.5 Å². The molecule has 2 nitrogen and oxygen atoms in total. The molecule has 0 saturated heterocycles. The molecule has 9 aromatic carbocycles. The van der Waals surface area contributed by atoms with Gasteiger partial charge in [-0.15, -0.1) is 0 Å². The second-order valence-electron chi connectivity index (χ2n) is 13.3. The van der Waals surface area contributed by atoms with Crippen molar-refractivity contribution in [1.82, 2.24) is 0 Å². The molecular formula is C50H33NO. The highest BCUT2D eigenvalue weighted by atomic mass is 16.3. The van der Waals surface area contributed by atoms with Crippen molar-refractivity contribution in [3.05, 3.63) is 200 Å². The van der Waals surface area contributed by atoms with Crippen LogP contribution in [-0.2, 0) is 0 Å². The average molecular weight is 664 g/mol. The molecule has 0 fully saturated rings. The second kappa shape index (κ2) is 12.5. The summed E-state index contributed by atoms with van der Waals surface area (Å²) >= 11 is 0. The van der Waals surface area contributed by atoms with Gasteiger partial charge in [-0.05, 0) is 86.4 Å². The molecule has 0 aliphatic carbocycles. The van der Waals surface area contributed by atoms with Crippen LogP contribution in [0.25, 0.3) is 76.9 Å². The molecule has 0 amide bonds. The number of rotatable bonds is 6. The number of hydrogen-bond acceptors (Lipinski definition) is 2. The van der Waals surface area contributed by atoms with Crippen LogP contribution in [0, 0.1) is 0 Å². The van der Waals surface area contributed by atoms with Gasteiger partial charge in [-0.2, -0.15) is 0 Å². The molecule has 0 spiro atoms. The molecule has 0 aliphatic rings. The third-order valence-corrected chi connectivity index (χ3v) is 10.3. The maximum absolute atomic E-state index is 6.68. The summed E-state index contributed by atoms with van der Waals surface area (Å²) in [6.07, 6.45) is 0. The number of fused-ring (bicyclic) bond motifs is 6. The minimum absolute atomic E-state index is 0.916. The molecule has 0 radical (unpaired) electrons. The Morgan fingerprint density at radius 1 is 0.269 bits per heavy atom. The van der Waals surface area contributed by atoms with Gasteiger partial charge in [0.1, 0.15) is 11.2 Å². The molecule has 10 aromatic rings. The minimum atomic E-state index is 0.916. The van der Waals surface area contributed by atoms with Crippen molar-refractivity contribution in [1.29, 1.82) is 0 Å². The maximum Gasteiger partial charge on any atom is 0.143 e. The van der Waals surface area contributed by atoms with Crippen molar-refractivity contribution in [3.63, 3.8) is 0 Å². The molecule has 2 heteroatoms. The first kappa shape index (κ1) is 30.0. The molecule has 0 aliphatic heterocycles. The number of hydrogen-bond donors (Lipinski definition) is 0. The Morgan fingerprint density at radius 2 is 0.731 bits per heavy atom. The summed E-state index contributed by atoms with van der Waals surface area (Å²) in [7, 11) is 0. The van der Waals surface area contributed by atoms with Gasteiger partial charge in [0, 0.05) is 38.8 Å². The average Bonchev–Trinajstić information content (AvgIpc) is 3.62. The summed E-state index contributed by atoms with van der Waals surface area (Å²) in [6.45, 7) is 0. The van der Waals surface area contributed by atoms with Crippen molar-refractivity contribution in [2.75, 3.05) is 4.90 Å². The lowest BCUT2D eigenvalue weighted by molar-refractivity contribution is 0.674. The fourth-order valence-corrected chi connectivity index (χ4v) is 7.69. The Morgan fingerprint density at radius 3 is 1.42 bits per heavy atom. The summed E-state index contributed by atoms with van der Waals surface area (Å²) in [4.78, 5) is 2.33. The zero-order chi connectivity index (χ0) is 34.4. The number of nitrogens with zero attached hydrogens (tertiary/aromatic N) is 1. The molecule has 1 aromatic heterocycles. The Balaban J connectivity index is 1.06. The molecule has 0 atom stereocenters. The lowest BCUT2D eigenvalue weighted by atomic mass is 9.98. The normalized spacial score (nSPS) is 11.5. The van der Waals surface area contributed by atoms with E-state index in [-0.39, 0.29) is 0 Å². The van der Waals surface area contributed by atoms with Crippen LogP contribution in [0.15, 0.2) is 205 Å². The van der Waals surface area contributed by atoms with Gasteiger partial charge in [-0.1, -0.05) is 158 Å². The van der Waals surface area contributed by atoms with E-state index in [1.165, 1.54) is 38.4 Å². The highest BCUT2D eigenvalue weighted by molar-refractivity contribution is 6.17. The van der Waals surface area contributed by atoms with E-state index in [1.54, 1.807) is 0 Å². The predicted molar refractivity (Wildman–Crippen MR) is 220 cm³/mol. The third kappa shape index (κ3) is 5.12. The van der Waals surface area contributed by atoms with Gasteiger partial charge in [0.15, 0.2) is 0 Å². The Kier molecular flexibility index (Phi) is 7.18. The molecule has 244 valence electrons. The van der Waals surface area contributed by atoms with Crippen LogP contribution in [0.4, 0.5) is 17.1 Å². The molecule has 0 saturated carbocycles. The Bertz CT molecular complexity index is 2860. The molecule has 10 rings (SSSR count). The van der Waals surface area contributed by atoms with Crippen molar-refractivity contribution < 1.29 is 4.42 Å². The minimum Gasteiger partial charge on any atom is -0.455 e. The fourth-order valence-electron chi connectivity index (χ4n) is 7.69. The number of anilines is 3. The topological polar surface area (TPSA) is 16.4 Å². The van der Waals surface area contributed by atoms with Crippen LogP contribution in [-0.4, -0.2) is 0 Å². The van der Waals surface area contributed by atoms with Crippen LogP contribution in [0.3, 0.4) is 0 Å². The van der Waals surface area contributed by atoms with Gasteiger partial charge < -0.3 is 9.32 Å². The standard InChI is InChI=1S/C50H33NO/c1-2-10-34(11-3-1)35-20-27-40(28-21-35)51(41-29-22-38(23-30-41)44-17-8-14-36-12-4-6-15-43(36)44)42-31-24-39(25-32-42)46-18-9-19-47-48-33-26-37-13-5-7-16-45(37)50(48)52-49(46)47/h1-33H. The first-order valence-electron chi connectivity index (χ1n) is 17.8. The smallest absolute Gasteiger partial charge is 0.143 e. The third-order valence-electron chi connectivity index (χ3n) is 10.3. The molecule has 0 unspecified atom stereocenters. The molecule has 1 heterocycles. The summed E-state index contributed by atoms with van der Waals surface area (Å²) < 4.78 is 6.68. The van der Waals surface area contributed by atoms with E-state index in [0.29, 0.717) is 0 Å². The maximum atomic E-state index is 6.68. The van der Waals surface area contributed by atoms with E-state index in [2.05, 4.69) is 205 Å². The SMILES string of the molecule is c1ccc(-c2ccc(N(c3ccc(-c4cccc5ccccc45)cc3)c3ccc(-c4cccc5c4oc4c6ccccc6ccc54)cc3)cc2)cc1. The molecule has 0 bridgehead atoms. The highest BCUT2D eigenvalue weighted by Gasteiger charge is 2.17. The van der Waals surface area contributed by atoms with Gasteiger partial charge in [-0.25, -0.2) is 0 Å². The van der Waals surface area contributed by atoms with Crippen molar-refractivity contribution in [2.45, 2.75) is 0 Å². The van der Waals surface area contributed by atoms with E-state index >= 15 is 0 Å². The summed E-state index contributed by atoms with van der Waals surface area (Å²) in [5.41, 5.74) is 12.2. The van der Waals surface area contributed by atoms with Crippen molar-refractivity contribution in [2.24, 2.45) is 0 Å². The van der Waals surface area contributed by atoms with Gasteiger partial charge in [0.25, 0.3) is 0 Å². The largest absolute Gasteiger partial charge is 0.455 e. The Hall–Kier alpha value is -6.90. The van der Waals surface area contributed by atoms with Crippen LogP contribution in [0.2, 0.25) is 0 Å². The quantitative estimate of drug-likeness (QED) is 0.176. The van der Waals surface area contributed by atoms with E-state index in [4.69, 9.17) is 4.42 Å². The predicted octanol–water partition coefficient (Wildman–Crippen LogP) is 14.4. The van der Waals surface area contributed by atoms with Crippen LogP contribution < -0.4 is 4.90 Å². The van der Waals surface area contributed by atoms with Gasteiger partial charge in [0.2, 0.25) is 0 Å². The van der Waals surface area contributed by atoms with E-state index in [9.17, 15) is 0 Å². The van der Waals surface area contributed by atoms with E-state index < -0.39 is 0 Å². The molecular weight excluding hydrogens is 631 g/mol. The molecule has 0 N–H and O–H groups in total. The van der Waals surface area contributed by atoms with E-state index in [1.807, 2.05) is 0 Å². The number of furan rings is 1. The van der Waals surface area contributed by atoms with Gasteiger partial charge in [-0.3, -0.25) is 0 Å². The lowest BCUT2D eigenvalue weighted by Crippen LogP contribution is -2.09. The fraction of sp³-hybridized carbons (Fsp3) is 0. The van der Waals surface area contributed by atoms with Crippen LogP contribution in [0.1, 0.15) is 0 Å². The van der Waals surface area contributed by atoms with Crippen LogP contribution >= 0.6 is 0 Å². The van der Waals surface area contributed by atoms with Crippen LogP contribution in [0.5, 0.6) is 0 Å². The first-order chi connectivity index (χ1) is 25.8. The zero-order valence-corrected chi connectivity index (χ0v) is 28.4. The number of benzene rings is 9. The molecule has 52 heavy (non-hydrogen) atoms. The summed E-state index contributed by atoms with van der Waals surface area (Å²) in [5.74, 6) is 0.